The molecule has 0 aliphatic rings. The van der Waals surface area contributed by atoms with E-state index in [4.69, 9.17) is 9.15 Å². The van der Waals surface area contributed by atoms with Crippen LogP contribution in [0.3, 0.4) is 0 Å². The van der Waals surface area contributed by atoms with Gasteiger partial charge in [0.05, 0.1) is 19.3 Å². The van der Waals surface area contributed by atoms with Crippen molar-refractivity contribution in [1.29, 1.82) is 0 Å². The number of hydrogen-bond donors (Lipinski definition) is 0. The molecule has 1 aromatic heterocycles. The highest BCUT2D eigenvalue weighted by atomic mass is 16.5. The van der Waals surface area contributed by atoms with Gasteiger partial charge in [-0.2, -0.15) is 0 Å². The highest BCUT2D eigenvalue weighted by Crippen LogP contribution is 2.12. The first kappa shape index (κ1) is 16.3. The van der Waals surface area contributed by atoms with Crippen molar-refractivity contribution < 1.29 is 18.7 Å². The molecule has 1 atom stereocenters. The van der Waals surface area contributed by atoms with Crippen molar-refractivity contribution in [2.24, 2.45) is 11.8 Å². The van der Waals surface area contributed by atoms with Crippen LogP contribution in [0.25, 0.3) is 0 Å². The van der Waals surface area contributed by atoms with Gasteiger partial charge in [0.2, 0.25) is 0 Å². The highest BCUT2D eigenvalue weighted by Gasteiger charge is 2.23. The first-order valence-corrected chi connectivity index (χ1v) is 6.86. The molecule has 0 spiro atoms. The lowest BCUT2D eigenvalue weighted by atomic mass is 10.1. The van der Waals surface area contributed by atoms with E-state index in [1.165, 1.54) is 13.4 Å². The Morgan fingerprint density at radius 1 is 1.35 bits per heavy atom. The number of methoxy groups -OCH3 is 1. The Balaban J connectivity index is 2.74. The van der Waals surface area contributed by atoms with E-state index < -0.39 is 0 Å². The summed E-state index contributed by atoms with van der Waals surface area (Å²) in [7, 11) is 1.35. The minimum absolute atomic E-state index is 0.189. The van der Waals surface area contributed by atoms with Crippen LogP contribution in [0.1, 0.15) is 37.7 Å². The van der Waals surface area contributed by atoms with Crippen molar-refractivity contribution in [3.63, 3.8) is 0 Å². The number of amides is 1. The Labute approximate surface area is 119 Å². The van der Waals surface area contributed by atoms with Crippen molar-refractivity contribution >= 4 is 11.9 Å². The number of rotatable bonds is 7. The van der Waals surface area contributed by atoms with Gasteiger partial charge in [0, 0.05) is 13.1 Å². The fraction of sp³-hybridized carbons (Fsp3) is 0.600. The summed E-state index contributed by atoms with van der Waals surface area (Å²) < 4.78 is 9.85. The molecule has 1 heterocycles. The van der Waals surface area contributed by atoms with Crippen LogP contribution in [0.4, 0.5) is 0 Å². The van der Waals surface area contributed by atoms with Gasteiger partial charge in [0.15, 0.2) is 5.76 Å². The predicted octanol–water partition coefficient (Wildman–Crippen LogP) is 2.58. The first-order chi connectivity index (χ1) is 9.45. The molecule has 0 saturated carbocycles. The van der Waals surface area contributed by atoms with Crippen molar-refractivity contribution in [2.45, 2.75) is 27.2 Å². The van der Waals surface area contributed by atoms with Gasteiger partial charge >= 0.3 is 5.97 Å². The maximum atomic E-state index is 12.3. The summed E-state index contributed by atoms with van der Waals surface area (Å²) in [4.78, 5) is 25.5. The Morgan fingerprint density at radius 3 is 2.55 bits per heavy atom. The smallest absolute Gasteiger partial charge is 0.310 e. The van der Waals surface area contributed by atoms with Crippen molar-refractivity contribution in [2.75, 3.05) is 20.2 Å². The van der Waals surface area contributed by atoms with Crippen molar-refractivity contribution in [1.82, 2.24) is 4.90 Å². The zero-order valence-electron chi connectivity index (χ0n) is 12.6. The van der Waals surface area contributed by atoms with E-state index in [2.05, 4.69) is 13.8 Å². The molecular formula is C15H23NO4. The normalized spacial score (nSPS) is 12.2. The van der Waals surface area contributed by atoms with Crippen LogP contribution in [-0.4, -0.2) is 37.0 Å². The molecule has 0 saturated heterocycles. The van der Waals surface area contributed by atoms with Gasteiger partial charge in [-0.15, -0.1) is 0 Å². The zero-order valence-corrected chi connectivity index (χ0v) is 12.6. The summed E-state index contributed by atoms with van der Waals surface area (Å²) in [6.45, 7) is 6.87. The number of ether oxygens (including phenoxy) is 1. The maximum Gasteiger partial charge on any atom is 0.310 e. The quantitative estimate of drug-likeness (QED) is 0.721. The largest absolute Gasteiger partial charge is 0.469 e. The minimum atomic E-state index is -0.355. The summed E-state index contributed by atoms with van der Waals surface area (Å²) >= 11 is 0. The molecule has 5 nitrogen and oxygen atoms in total. The molecule has 0 fully saturated rings. The lowest BCUT2D eigenvalue weighted by molar-refractivity contribution is -0.145. The lowest BCUT2D eigenvalue weighted by Gasteiger charge is -2.25. The number of carbonyl (C=O) groups excluding carboxylic acids is 2. The molecule has 1 rings (SSSR count). The van der Waals surface area contributed by atoms with Crippen molar-refractivity contribution in [3.05, 3.63) is 24.2 Å². The topological polar surface area (TPSA) is 59.8 Å². The van der Waals surface area contributed by atoms with Crippen LogP contribution < -0.4 is 0 Å². The van der Waals surface area contributed by atoms with Crippen LogP contribution in [0.5, 0.6) is 0 Å². The first-order valence-electron chi connectivity index (χ1n) is 6.86. The van der Waals surface area contributed by atoms with Crippen molar-refractivity contribution in [3.8, 4) is 0 Å². The van der Waals surface area contributed by atoms with Gasteiger partial charge in [-0.05, 0) is 24.5 Å². The summed E-state index contributed by atoms with van der Waals surface area (Å²) in [5, 5.41) is 0. The van der Waals surface area contributed by atoms with E-state index in [-0.39, 0.29) is 17.8 Å². The Hall–Kier alpha value is -1.78. The maximum absolute atomic E-state index is 12.3. The summed E-state index contributed by atoms with van der Waals surface area (Å²) in [5.74, 6) is -0.0783. The minimum Gasteiger partial charge on any atom is -0.469 e. The molecule has 0 N–H and O–H groups in total. The van der Waals surface area contributed by atoms with Gasteiger partial charge in [-0.3, -0.25) is 9.59 Å². The van der Waals surface area contributed by atoms with Crippen LogP contribution in [0.15, 0.2) is 22.8 Å². The van der Waals surface area contributed by atoms with E-state index >= 15 is 0 Å². The number of nitrogens with zero attached hydrogens (tertiary/aromatic N) is 1. The SMILES string of the molecule is COC(=O)C(C)CN(CCC(C)C)C(=O)c1ccco1. The van der Waals surface area contributed by atoms with Crippen LogP contribution >= 0.6 is 0 Å². The average molecular weight is 281 g/mol. The van der Waals surface area contributed by atoms with E-state index in [9.17, 15) is 9.59 Å². The third kappa shape index (κ3) is 4.72. The number of furan rings is 1. The molecule has 0 aliphatic carbocycles. The molecule has 1 aromatic rings. The van der Waals surface area contributed by atoms with E-state index in [0.717, 1.165) is 6.42 Å². The summed E-state index contributed by atoms with van der Waals surface area (Å²) in [5.41, 5.74) is 0. The Kier molecular flexibility index (Phi) is 6.28. The zero-order chi connectivity index (χ0) is 15.1. The second-order valence-electron chi connectivity index (χ2n) is 5.34. The third-order valence-electron chi connectivity index (χ3n) is 3.09. The second-order valence-corrected chi connectivity index (χ2v) is 5.34. The van der Waals surface area contributed by atoms with E-state index in [1.54, 1.807) is 24.0 Å². The number of carbonyl (C=O) groups is 2. The molecule has 0 aliphatic heterocycles. The molecule has 1 amide bonds. The van der Waals surface area contributed by atoms with Crippen LogP contribution in [-0.2, 0) is 9.53 Å². The van der Waals surface area contributed by atoms with Gasteiger partial charge in [-0.1, -0.05) is 20.8 Å². The van der Waals surface area contributed by atoms with E-state index in [1.807, 2.05) is 0 Å². The fourth-order valence-electron chi connectivity index (χ4n) is 1.85. The number of hydrogen-bond acceptors (Lipinski definition) is 4. The van der Waals surface area contributed by atoms with E-state index in [0.29, 0.717) is 24.8 Å². The lowest BCUT2D eigenvalue weighted by Crippen LogP contribution is -2.38. The molecule has 0 aromatic carbocycles. The monoisotopic (exact) mass is 281 g/mol. The summed E-state index contributed by atoms with van der Waals surface area (Å²) in [6, 6.07) is 3.31. The molecule has 5 heteroatoms. The molecule has 20 heavy (non-hydrogen) atoms. The summed E-state index contributed by atoms with van der Waals surface area (Å²) in [6.07, 6.45) is 2.35. The van der Waals surface area contributed by atoms with Gasteiger partial charge in [0.25, 0.3) is 5.91 Å². The Morgan fingerprint density at radius 2 is 2.05 bits per heavy atom. The average Bonchev–Trinajstić information content (AvgIpc) is 2.95. The van der Waals surface area contributed by atoms with Gasteiger partial charge in [-0.25, -0.2) is 0 Å². The molecule has 0 bridgehead atoms. The van der Waals surface area contributed by atoms with Crippen LogP contribution in [0.2, 0.25) is 0 Å². The Bertz CT molecular complexity index is 425. The number of esters is 1. The second kappa shape index (κ2) is 7.72. The molecule has 1 unspecified atom stereocenters. The van der Waals surface area contributed by atoms with Crippen LogP contribution in [0, 0.1) is 11.8 Å². The van der Waals surface area contributed by atoms with Gasteiger partial charge < -0.3 is 14.1 Å². The molecular weight excluding hydrogens is 258 g/mol. The highest BCUT2D eigenvalue weighted by molar-refractivity contribution is 5.91. The molecule has 112 valence electrons. The fourth-order valence-corrected chi connectivity index (χ4v) is 1.85. The standard InChI is InChI=1S/C15H23NO4/c1-11(2)7-8-16(10-12(3)15(18)19-4)14(17)13-6-5-9-20-13/h5-6,9,11-12H,7-8,10H2,1-4H3. The molecule has 0 radical (unpaired) electrons. The van der Waals surface area contributed by atoms with Gasteiger partial charge in [0.1, 0.15) is 0 Å². The third-order valence-corrected chi connectivity index (χ3v) is 3.09. The predicted molar refractivity (Wildman–Crippen MR) is 75.2 cm³/mol.